The number of fused-ring (bicyclic) bond motifs is 6. The summed E-state index contributed by atoms with van der Waals surface area (Å²) < 4.78 is 14.7. The third-order valence-electron chi connectivity index (χ3n) is 4.64. The predicted octanol–water partition coefficient (Wildman–Crippen LogP) is 4.25. The normalized spacial score (nSPS) is 13.1. The molecule has 4 rings (SSSR count). The molecule has 0 bridgehead atoms. The van der Waals surface area contributed by atoms with Gasteiger partial charge in [-0.05, 0) is 36.6 Å². The monoisotopic (exact) mass is 385 g/mol. The van der Waals surface area contributed by atoms with Crippen molar-refractivity contribution in [2.75, 3.05) is 11.9 Å². The highest BCUT2D eigenvalue weighted by Crippen LogP contribution is 2.38. The fourth-order valence-corrected chi connectivity index (χ4v) is 4.62. The second-order valence-corrected chi connectivity index (χ2v) is 8.13. The second kappa shape index (κ2) is 6.90. The van der Waals surface area contributed by atoms with Gasteiger partial charge >= 0.3 is 0 Å². The average Bonchev–Trinajstić information content (AvgIpc) is 3.04. The van der Waals surface area contributed by atoms with Crippen LogP contribution < -0.4 is 10.9 Å². The number of halogens is 1. The van der Waals surface area contributed by atoms with E-state index in [0.717, 1.165) is 27.4 Å². The number of thiazole rings is 1. The van der Waals surface area contributed by atoms with Crippen molar-refractivity contribution in [3.05, 3.63) is 46.6 Å². The molecule has 0 unspecified atom stereocenters. The molecule has 0 aliphatic rings. The molecule has 1 atom stereocenters. The summed E-state index contributed by atoms with van der Waals surface area (Å²) in [4.78, 5) is 19.8. The summed E-state index contributed by atoms with van der Waals surface area (Å²) in [6.45, 7) is 4.22. The maximum atomic E-state index is 13.9. The Labute approximate surface area is 158 Å². The summed E-state index contributed by atoms with van der Waals surface area (Å²) in [5.41, 5.74) is 0.484. The highest BCUT2D eigenvalue weighted by molar-refractivity contribution is 7.23. The molecule has 0 aliphatic heterocycles. The van der Waals surface area contributed by atoms with Crippen molar-refractivity contribution in [1.29, 1.82) is 0 Å². The number of hydrogen-bond acceptors (Lipinski definition) is 5. The number of aliphatic hydroxyl groups excluding tert-OH is 1. The molecule has 2 heterocycles. The minimum Gasteiger partial charge on any atom is -0.394 e. The van der Waals surface area contributed by atoms with Crippen LogP contribution in [-0.4, -0.2) is 27.7 Å². The fraction of sp³-hybridized carbons (Fsp3) is 0.300. The van der Waals surface area contributed by atoms with Crippen molar-refractivity contribution >= 4 is 48.2 Å². The second-order valence-electron chi connectivity index (χ2n) is 7.14. The zero-order valence-electron chi connectivity index (χ0n) is 15.0. The minimum atomic E-state index is -0.391. The van der Waals surface area contributed by atoms with Gasteiger partial charge in [0.1, 0.15) is 5.82 Å². The van der Waals surface area contributed by atoms with Gasteiger partial charge in [-0.3, -0.25) is 4.79 Å². The highest BCUT2D eigenvalue weighted by atomic mass is 32.1. The number of pyridine rings is 1. The van der Waals surface area contributed by atoms with Crippen LogP contribution in [0.25, 0.3) is 31.8 Å². The van der Waals surface area contributed by atoms with Crippen molar-refractivity contribution in [1.82, 2.24) is 9.97 Å². The van der Waals surface area contributed by atoms with E-state index in [-0.39, 0.29) is 18.2 Å². The Balaban J connectivity index is 1.98. The third kappa shape index (κ3) is 3.17. The first kappa shape index (κ1) is 17.9. The zero-order valence-corrected chi connectivity index (χ0v) is 15.9. The molecule has 27 heavy (non-hydrogen) atoms. The number of aliphatic hydroxyl groups is 1. The van der Waals surface area contributed by atoms with Crippen LogP contribution in [0.1, 0.15) is 20.3 Å². The first-order valence-corrected chi connectivity index (χ1v) is 9.70. The number of anilines is 1. The van der Waals surface area contributed by atoms with Gasteiger partial charge in [-0.1, -0.05) is 25.2 Å². The standard InChI is InChI=1S/C20H20FN3O2S/c1-10(2)7-12(9-25)23-20-24-17-13-4-3-11(21)8-15(13)16-14(18(17)27-20)5-6-22-19(16)26/h3-6,8,10,12,25H,7,9H2,1-2H3,(H,22,26)(H,23,24)/t12-/m1/s1. The molecule has 0 aliphatic carbocycles. The minimum absolute atomic E-state index is 0.0144. The molecule has 3 N–H and O–H groups in total. The van der Waals surface area contributed by atoms with Gasteiger partial charge in [0, 0.05) is 22.4 Å². The molecule has 0 spiro atoms. The number of aromatic amines is 1. The van der Waals surface area contributed by atoms with Gasteiger partial charge in [-0.2, -0.15) is 0 Å². The Morgan fingerprint density at radius 3 is 2.81 bits per heavy atom. The van der Waals surface area contributed by atoms with Crippen LogP contribution in [0, 0.1) is 11.7 Å². The number of nitrogens with zero attached hydrogens (tertiary/aromatic N) is 1. The number of rotatable bonds is 5. The summed E-state index contributed by atoms with van der Waals surface area (Å²) in [6.07, 6.45) is 2.41. The van der Waals surface area contributed by atoms with Crippen LogP contribution >= 0.6 is 11.3 Å². The Hall–Kier alpha value is -2.51. The van der Waals surface area contributed by atoms with Crippen LogP contribution in [0.2, 0.25) is 0 Å². The van der Waals surface area contributed by atoms with Gasteiger partial charge in [0.25, 0.3) is 5.56 Å². The molecular formula is C20H20FN3O2S. The van der Waals surface area contributed by atoms with Crippen molar-refractivity contribution in [2.24, 2.45) is 5.92 Å². The Morgan fingerprint density at radius 2 is 2.07 bits per heavy atom. The van der Waals surface area contributed by atoms with Gasteiger partial charge in [0.2, 0.25) is 0 Å². The molecule has 0 fully saturated rings. The van der Waals surface area contributed by atoms with Crippen molar-refractivity contribution in [3.63, 3.8) is 0 Å². The van der Waals surface area contributed by atoms with E-state index in [4.69, 9.17) is 4.98 Å². The molecule has 4 aromatic rings. The molecule has 7 heteroatoms. The lowest BCUT2D eigenvalue weighted by atomic mass is 10.0. The Morgan fingerprint density at radius 1 is 1.26 bits per heavy atom. The molecule has 140 valence electrons. The van der Waals surface area contributed by atoms with E-state index in [0.29, 0.717) is 21.8 Å². The van der Waals surface area contributed by atoms with E-state index in [2.05, 4.69) is 24.1 Å². The van der Waals surface area contributed by atoms with E-state index in [9.17, 15) is 14.3 Å². The maximum Gasteiger partial charge on any atom is 0.256 e. The van der Waals surface area contributed by atoms with E-state index < -0.39 is 5.82 Å². The lowest BCUT2D eigenvalue weighted by molar-refractivity contribution is 0.259. The average molecular weight is 385 g/mol. The SMILES string of the molecule is CC(C)C[C@H](CO)Nc1nc2c3ccc(F)cc3c3c(=O)[nH]ccc3c2s1. The lowest BCUT2D eigenvalue weighted by Gasteiger charge is -2.17. The Bertz CT molecular complexity index is 1200. The van der Waals surface area contributed by atoms with E-state index in [1.807, 2.05) is 6.07 Å². The van der Waals surface area contributed by atoms with E-state index >= 15 is 0 Å². The predicted molar refractivity (Wildman–Crippen MR) is 109 cm³/mol. The number of hydrogen-bond donors (Lipinski definition) is 3. The number of H-pyrrole nitrogens is 1. The lowest BCUT2D eigenvalue weighted by Crippen LogP contribution is -2.25. The topological polar surface area (TPSA) is 78.0 Å². The van der Waals surface area contributed by atoms with Crippen LogP contribution in [0.4, 0.5) is 9.52 Å². The molecule has 0 radical (unpaired) electrons. The zero-order chi connectivity index (χ0) is 19.1. The fourth-order valence-electron chi connectivity index (χ4n) is 3.53. The number of aromatic nitrogens is 2. The van der Waals surface area contributed by atoms with E-state index in [1.165, 1.54) is 23.5 Å². The van der Waals surface area contributed by atoms with Crippen LogP contribution in [0.5, 0.6) is 0 Å². The molecule has 5 nitrogen and oxygen atoms in total. The third-order valence-corrected chi connectivity index (χ3v) is 5.66. The number of benzene rings is 2. The van der Waals surface area contributed by atoms with Gasteiger partial charge in [-0.25, -0.2) is 9.37 Å². The molecule has 2 aromatic carbocycles. The van der Waals surface area contributed by atoms with Gasteiger partial charge in [0.05, 0.1) is 28.3 Å². The first-order valence-electron chi connectivity index (χ1n) is 8.88. The van der Waals surface area contributed by atoms with Gasteiger partial charge < -0.3 is 15.4 Å². The molecular weight excluding hydrogens is 365 g/mol. The molecule has 0 amide bonds. The summed E-state index contributed by atoms with van der Waals surface area (Å²) in [7, 11) is 0. The summed E-state index contributed by atoms with van der Waals surface area (Å²) in [5, 5.41) is 16.1. The Kier molecular flexibility index (Phi) is 4.57. The van der Waals surface area contributed by atoms with Gasteiger partial charge in [0.15, 0.2) is 5.13 Å². The summed E-state index contributed by atoms with van der Waals surface area (Å²) >= 11 is 1.45. The van der Waals surface area contributed by atoms with Crippen molar-refractivity contribution in [2.45, 2.75) is 26.3 Å². The van der Waals surface area contributed by atoms with Crippen molar-refractivity contribution in [3.8, 4) is 0 Å². The van der Waals surface area contributed by atoms with Crippen LogP contribution in [0.15, 0.2) is 35.3 Å². The molecule has 0 saturated carbocycles. The quantitative estimate of drug-likeness (QED) is 0.449. The summed E-state index contributed by atoms with van der Waals surface area (Å²) in [6, 6.07) is 6.16. The maximum absolute atomic E-state index is 13.9. The smallest absolute Gasteiger partial charge is 0.256 e. The van der Waals surface area contributed by atoms with Crippen LogP contribution in [-0.2, 0) is 0 Å². The number of nitrogens with one attached hydrogen (secondary N) is 2. The largest absolute Gasteiger partial charge is 0.394 e. The first-order chi connectivity index (χ1) is 13.0. The van der Waals surface area contributed by atoms with Gasteiger partial charge in [-0.15, -0.1) is 0 Å². The molecule has 2 aromatic heterocycles. The summed E-state index contributed by atoms with van der Waals surface area (Å²) in [5.74, 6) is 0.0458. The highest BCUT2D eigenvalue weighted by Gasteiger charge is 2.18. The van der Waals surface area contributed by atoms with E-state index in [1.54, 1.807) is 12.3 Å². The van der Waals surface area contributed by atoms with Crippen LogP contribution in [0.3, 0.4) is 0 Å². The molecule has 0 saturated heterocycles. The van der Waals surface area contributed by atoms with Crippen molar-refractivity contribution < 1.29 is 9.50 Å².